The van der Waals surface area contributed by atoms with Crippen LogP contribution < -0.4 is 15.1 Å². The molecule has 2 aliphatic heterocycles. The van der Waals surface area contributed by atoms with Gasteiger partial charge in [-0.05, 0) is 66.1 Å². The second-order valence-corrected chi connectivity index (χ2v) is 8.91. The van der Waals surface area contributed by atoms with E-state index in [1.54, 1.807) is 30.6 Å². The van der Waals surface area contributed by atoms with Gasteiger partial charge in [-0.15, -0.1) is 0 Å². The van der Waals surface area contributed by atoms with E-state index in [2.05, 4.69) is 15.2 Å². The summed E-state index contributed by atoms with van der Waals surface area (Å²) < 4.78 is 53.6. The van der Waals surface area contributed by atoms with Gasteiger partial charge in [0.05, 0.1) is 17.5 Å². The van der Waals surface area contributed by atoms with E-state index in [4.69, 9.17) is 0 Å². The Labute approximate surface area is 200 Å². The highest BCUT2D eigenvalue weighted by atomic mass is 19.4. The van der Waals surface area contributed by atoms with E-state index < -0.39 is 17.7 Å². The summed E-state index contributed by atoms with van der Waals surface area (Å²) in [6.07, 6.45) is -0.942. The summed E-state index contributed by atoms with van der Waals surface area (Å²) in [7, 11) is 0. The first-order valence-corrected chi connectivity index (χ1v) is 11.4. The van der Waals surface area contributed by atoms with Gasteiger partial charge < -0.3 is 15.1 Å². The Morgan fingerprint density at radius 1 is 1.09 bits per heavy atom. The number of pyridine rings is 1. The van der Waals surface area contributed by atoms with Gasteiger partial charge in [-0.25, -0.2) is 4.39 Å². The summed E-state index contributed by atoms with van der Waals surface area (Å²) in [6.45, 7) is 1.92. The van der Waals surface area contributed by atoms with Crippen molar-refractivity contribution in [3.05, 3.63) is 89.5 Å². The fourth-order valence-corrected chi connectivity index (χ4v) is 5.01. The Hall–Kier alpha value is -3.62. The first-order chi connectivity index (χ1) is 16.8. The van der Waals surface area contributed by atoms with Crippen molar-refractivity contribution in [1.29, 1.82) is 0 Å². The number of amides is 1. The number of piperazine rings is 1. The number of fused-ring (bicyclic) bond motifs is 3. The number of nitrogens with zero attached hydrogens (tertiary/aromatic N) is 3. The minimum absolute atomic E-state index is 0.205. The number of rotatable bonds is 4. The zero-order valence-electron chi connectivity index (χ0n) is 18.8. The third kappa shape index (κ3) is 4.80. The molecule has 3 aromatic rings. The Bertz CT molecular complexity index is 1200. The molecule has 5 nitrogen and oxygen atoms in total. The van der Waals surface area contributed by atoms with E-state index in [1.165, 1.54) is 24.3 Å². The minimum Gasteiger partial charge on any atom is -0.368 e. The topological polar surface area (TPSA) is 48.5 Å². The fraction of sp³-hybridized carbons (Fsp3) is 0.308. The number of alkyl halides is 3. The molecule has 0 bridgehead atoms. The summed E-state index contributed by atoms with van der Waals surface area (Å²) >= 11 is 0. The van der Waals surface area contributed by atoms with Crippen LogP contribution in [0.2, 0.25) is 0 Å². The first kappa shape index (κ1) is 23.1. The number of carbonyl (C=O) groups excluding carboxylic acids is 1. The van der Waals surface area contributed by atoms with Gasteiger partial charge in [-0.3, -0.25) is 9.78 Å². The Morgan fingerprint density at radius 3 is 2.60 bits per heavy atom. The lowest BCUT2D eigenvalue weighted by Gasteiger charge is -2.49. The fourth-order valence-electron chi connectivity index (χ4n) is 5.01. The van der Waals surface area contributed by atoms with E-state index in [1.807, 2.05) is 11.0 Å². The summed E-state index contributed by atoms with van der Waals surface area (Å²) in [6, 6.07) is 13.4. The van der Waals surface area contributed by atoms with Crippen molar-refractivity contribution < 1.29 is 22.4 Å². The maximum absolute atomic E-state index is 13.4. The van der Waals surface area contributed by atoms with Gasteiger partial charge in [0.25, 0.3) is 0 Å². The third-order valence-electron chi connectivity index (χ3n) is 6.76. The smallest absolute Gasteiger partial charge is 0.368 e. The SMILES string of the molecule is O=C(NCc1cccnc1)[C@H]1Cc2cc(C(F)(F)F)ccc2N2CCN(c3ccc(F)cc3)C[C@H]12. The lowest BCUT2D eigenvalue weighted by Crippen LogP contribution is -2.61. The molecule has 2 aromatic carbocycles. The molecule has 9 heteroatoms. The second-order valence-electron chi connectivity index (χ2n) is 8.91. The lowest BCUT2D eigenvalue weighted by molar-refractivity contribution is -0.137. The number of carbonyl (C=O) groups is 1. The van der Waals surface area contributed by atoms with Gasteiger partial charge in [0, 0.05) is 49.9 Å². The first-order valence-electron chi connectivity index (χ1n) is 11.4. The minimum atomic E-state index is -4.45. The number of aromatic nitrogens is 1. The molecule has 182 valence electrons. The van der Waals surface area contributed by atoms with Crippen LogP contribution in [0.4, 0.5) is 28.9 Å². The van der Waals surface area contributed by atoms with E-state index in [0.29, 0.717) is 25.2 Å². The highest BCUT2D eigenvalue weighted by Gasteiger charge is 2.42. The molecule has 1 N–H and O–H groups in total. The molecule has 1 aromatic heterocycles. The lowest BCUT2D eigenvalue weighted by atomic mass is 9.82. The van der Waals surface area contributed by atoms with Crippen molar-refractivity contribution in [3.63, 3.8) is 0 Å². The largest absolute Gasteiger partial charge is 0.416 e. The van der Waals surface area contributed by atoms with Crippen LogP contribution in [-0.4, -0.2) is 36.6 Å². The summed E-state index contributed by atoms with van der Waals surface area (Å²) in [4.78, 5) is 21.6. The standard InChI is InChI=1S/C26H24F4N4O/c27-20-4-6-21(7-5-20)33-10-11-34-23-8-3-19(26(28,29)30)12-18(23)13-22(24(34)16-33)25(35)32-15-17-2-1-9-31-14-17/h1-9,12,14,22,24H,10-11,13,15-16H2,(H,32,35)/t22-,24+/m0/s1. The Kier molecular flexibility index (Phi) is 6.08. The molecule has 35 heavy (non-hydrogen) atoms. The Balaban J connectivity index is 1.44. The van der Waals surface area contributed by atoms with Crippen LogP contribution >= 0.6 is 0 Å². The molecule has 0 spiro atoms. The quantitative estimate of drug-likeness (QED) is 0.557. The van der Waals surface area contributed by atoms with Crippen molar-refractivity contribution >= 4 is 17.3 Å². The van der Waals surface area contributed by atoms with Crippen molar-refractivity contribution in [3.8, 4) is 0 Å². The number of hydrogen-bond acceptors (Lipinski definition) is 4. The average molecular weight is 484 g/mol. The van der Waals surface area contributed by atoms with Gasteiger partial charge in [-0.1, -0.05) is 6.07 Å². The molecular weight excluding hydrogens is 460 g/mol. The van der Waals surface area contributed by atoms with Crippen LogP contribution in [0.3, 0.4) is 0 Å². The van der Waals surface area contributed by atoms with Gasteiger partial charge in [0.15, 0.2) is 0 Å². The molecule has 1 saturated heterocycles. The third-order valence-corrected chi connectivity index (χ3v) is 6.76. The zero-order valence-corrected chi connectivity index (χ0v) is 18.8. The second kappa shape index (κ2) is 9.20. The molecule has 1 fully saturated rings. The van der Waals surface area contributed by atoms with Crippen LogP contribution in [0.15, 0.2) is 67.0 Å². The van der Waals surface area contributed by atoms with Gasteiger partial charge in [0.2, 0.25) is 5.91 Å². The highest BCUT2D eigenvalue weighted by Crippen LogP contribution is 2.40. The molecule has 0 saturated carbocycles. The predicted molar refractivity (Wildman–Crippen MR) is 124 cm³/mol. The number of halogens is 4. The number of benzene rings is 2. The number of nitrogens with one attached hydrogen (secondary N) is 1. The molecule has 3 heterocycles. The van der Waals surface area contributed by atoms with Gasteiger partial charge in [0.1, 0.15) is 5.82 Å². The number of anilines is 2. The van der Waals surface area contributed by atoms with Crippen LogP contribution in [-0.2, 0) is 23.9 Å². The summed E-state index contributed by atoms with van der Waals surface area (Å²) in [5, 5.41) is 2.94. The van der Waals surface area contributed by atoms with Gasteiger partial charge in [-0.2, -0.15) is 13.2 Å². The zero-order chi connectivity index (χ0) is 24.6. The molecule has 2 atom stereocenters. The van der Waals surface area contributed by atoms with E-state index in [0.717, 1.165) is 23.0 Å². The molecule has 2 aliphatic rings. The Morgan fingerprint density at radius 2 is 1.89 bits per heavy atom. The van der Waals surface area contributed by atoms with E-state index in [9.17, 15) is 22.4 Å². The van der Waals surface area contributed by atoms with Crippen LogP contribution in [0.1, 0.15) is 16.7 Å². The van der Waals surface area contributed by atoms with Gasteiger partial charge >= 0.3 is 6.18 Å². The molecular formula is C26H24F4N4O. The van der Waals surface area contributed by atoms with Crippen LogP contribution in [0.5, 0.6) is 0 Å². The van der Waals surface area contributed by atoms with E-state index >= 15 is 0 Å². The molecule has 1 amide bonds. The summed E-state index contributed by atoms with van der Waals surface area (Å²) in [5.74, 6) is -1.09. The van der Waals surface area contributed by atoms with Crippen LogP contribution in [0, 0.1) is 11.7 Å². The summed E-state index contributed by atoms with van der Waals surface area (Å²) in [5.41, 5.74) is 2.23. The monoisotopic (exact) mass is 484 g/mol. The maximum atomic E-state index is 13.4. The van der Waals surface area contributed by atoms with Crippen molar-refractivity contribution in [2.45, 2.75) is 25.2 Å². The van der Waals surface area contributed by atoms with Crippen molar-refractivity contribution in [2.75, 3.05) is 29.4 Å². The normalized spacial score (nSPS) is 19.7. The molecule has 0 radical (unpaired) electrons. The predicted octanol–water partition coefficient (Wildman–Crippen LogP) is 4.42. The average Bonchev–Trinajstić information content (AvgIpc) is 2.86. The maximum Gasteiger partial charge on any atom is 0.416 e. The highest BCUT2D eigenvalue weighted by molar-refractivity contribution is 5.82. The molecule has 0 aliphatic carbocycles. The van der Waals surface area contributed by atoms with Crippen LogP contribution in [0.25, 0.3) is 0 Å². The number of hydrogen-bond donors (Lipinski definition) is 1. The van der Waals surface area contributed by atoms with Crippen molar-refractivity contribution in [1.82, 2.24) is 10.3 Å². The molecule has 5 rings (SSSR count). The molecule has 0 unspecified atom stereocenters. The van der Waals surface area contributed by atoms with E-state index in [-0.39, 0.29) is 30.7 Å². The van der Waals surface area contributed by atoms with Crippen molar-refractivity contribution in [2.24, 2.45) is 5.92 Å².